The Balaban J connectivity index is 2.77. The molecule has 0 heterocycles. The van der Waals surface area contributed by atoms with Crippen LogP contribution in [-0.4, -0.2) is 17.0 Å². The van der Waals surface area contributed by atoms with Crippen molar-refractivity contribution in [3.05, 3.63) is 34.4 Å². The Bertz CT molecular complexity index is 393. The zero-order valence-corrected chi connectivity index (χ0v) is 11.2. The second-order valence-corrected chi connectivity index (χ2v) is 5.01. The third kappa shape index (κ3) is 3.97. The quantitative estimate of drug-likeness (QED) is 0.760. The number of rotatable bonds is 3. The van der Waals surface area contributed by atoms with E-state index in [4.69, 9.17) is 0 Å². The molecule has 1 atom stereocenters. The van der Waals surface area contributed by atoms with Crippen molar-refractivity contribution in [1.82, 2.24) is 0 Å². The Labute approximate surface area is 104 Å². The van der Waals surface area contributed by atoms with Crippen LogP contribution < -0.4 is 0 Å². The highest BCUT2D eigenvalue weighted by atomic mass is 16.3. The van der Waals surface area contributed by atoms with Crippen LogP contribution in [0.25, 0.3) is 0 Å². The number of hydrogen-bond acceptors (Lipinski definition) is 2. The number of carbonyl (C=O) groups excluding carboxylic acids is 1. The van der Waals surface area contributed by atoms with Gasteiger partial charge in [-0.05, 0) is 51.7 Å². The highest BCUT2D eigenvalue weighted by molar-refractivity contribution is 5.97. The van der Waals surface area contributed by atoms with Crippen molar-refractivity contribution in [2.75, 3.05) is 0 Å². The Hall–Kier alpha value is -1.15. The second-order valence-electron chi connectivity index (χ2n) is 5.01. The lowest BCUT2D eigenvalue weighted by Crippen LogP contribution is -2.14. The molecule has 1 rings (SSSR count). The molecule has 0 aromatic heterocycles. The standard InChI is InChI=1S/C15H22O2/c1-10(2)5-8-14(16)12(4)13-7-6-11(3)15(17)9-13/h5-6,14,16H,7-9H2,1-4H3/t14-/m1/s1. The van der Waals surface area contributed by atoms with E-state index < -0.39 is 6.10 Å². The molecule has 0 amide bonds. The topological polar surface area (TPSA) is 37.3 Å². The number of carbonyl (C=O) groups is 1. The average molecular weight is 234 g/mol. The number of aliphatic hydroxyl groups excluding tert-OH is 1. The normalized spacial score (nSPS) is 20.8. The molecule has 94 valence electrons. The largest absolute Gasteiger partial charge is 0.388 e. The van der Waals surface area contributed by atoms with E-state index in [1.165, 1.54) is 5.57 Å². The van der Waals surface area contributed by atoms with Gasteiger partial charge in [0.2, 0.25) is 0 Å². The molecule has 1 aliphatic rings. The van der Waals surface area contributed by atoms with Gasteiger partial charge in [0.05, 0.1) is 6.10 Å². The van der Waals surface area contributed by atoms with Crippen LogP contribution in [0, 0.1) is 0 Å². The molecule has 1 N–H and O–H groups in total. The molecule has 0 spiro atoms. The molecule has 0 fully saturated rings. The van der Waals surface area contributed by atoms with Gasteiger partial charge in [-0.15, -0.1) is 0 Å². The van der Waals surface area contributed by atoms with Gasteiger partial charge >= 0.3 is 0 Å². The van der Waals surface area contributed by atoms with Gasteiger partial charge in [0.1, 0.15) is 0 Å². The summed E-state index contributed by atoms with van der Waals surface area (Å²) in [5, 5.41) is 10.0. The monoisotopic (exact) mass is 234 g/mol. The van der Waals surface area contributed by atoms with Crippen molar-refractivity contribution in [3.63, 3.8) is 0 Å². The van der Waals surface area contributed by atoms with Crippen molar-refractivity contribution in [1.29, 1.82) is 0 Å². The van der Waals surface area contributed by atoms with Gasteiger partial charge in [-0.3, -0.25) is 4.79 Å². The molecule has 0 saturated heterocycles. The highest BCUT2D eigenvalue weighted by Gasteiger charge is 2.17. The number of Topliss-reactive ketones (excluding diaryl/α,β-unsaturated/α-hetero) is 1. The summed E-state index contributed by atoms with van der Waals surface area (Å²) in [7, 11) is 0. The van der Waals surface area contributed by atoms with Crippen LogP contribution in [-0.2, 0) is 4.79 Å². The molecular formula is C15H22O2. The van der Waals surface area contributed by atoms with Gasteiger partial charge in [0, 0.05) is 6.42 Å². The van der Waals surface area contributed by atoms with Crippen LogP contribution in [0.4, 0.5) is 0 Å². The van der Waals surface area contributed by atoms with E-state index in [-0.39, 0.29) is 5.78 Å². The summed E-state index contributed by atoms with van der Waals surface area (Å²) < 4.78 is 0. The molecule has 0 aromatic carbocycles. The Morgan fingerprint density at radius 3 is 2.65 bits per heavy atom. The van der Waals surface area contributed by atoms with Crippen LogP contribution >= 0.6 is 0 Å². The van der Waals surface area contributed by atoms with Crippen LogP contribution in [0.2, 0.25) is 0 Å². The molecule has 0 radical (unpaired) electrons. The fourth-order valence-corrected chi connectivity index (χ4v) is 1.86. The van der Waals surface area contributed by atoms with Gasteiger partial charge < -0.3 is 5.11 Å². The smallest absolute Gasteiger partial charge is 0.162 e. The Morgan fingerprint density at radius 1 is 1.47 bits per heavy atom. The van der Waals surface area contributed by atoms with Crippen LogP contribution in [0.5, 0.6) is 0 Å². The molecule has 0 aromatic rings. The van der Waals surface area contributed by atoms with Gasteiger partial charge in [-0.25, -0.2) is 0 Å². The Morgan fingerprint density at radius 2 is 2.12 bits per heavy atom. The first kappa shape index (κ1) is 13.9. The number of allylic oxidation sites excluding steroid dienone is 4. The third-order valence-electron chi connectivity index (χ3n) is 3.28. The lowest BCUT2D eigenvalue weighted by Gasteiger charge is -2.18. The van der Waals surface area contributed by atoms with Crippen molar-refractivity contribution in [2.24, 2.45) is 0 Å². The third-order valence-corrected chi connectivity index (χ3v) is 3.28. The average Bonchev–Trinajstić information content (AvgIpc) is 2.28. The van der Waals surface area contributed by atoms with Crippen molar-refractivity contribution in [2.45, 2.75) is 53.1 Å². The summed E-state index contributed by atoms with van der Waals surface area (Å²) in [6.45, 7) is 7.82. The maximum atomic E-state index is 11.6. The maximum absolute atomic E-state index is 11.6. The molecule has 0 saturated carbocycles. The lowest BCUT2D eigenvalue weighted by molar-refractivity contribution is -0.115. The van der Waals surface area contributed by atoms with Gasteiger partial charge in [0.25, 0.3) is 0 Å². The summed E-state index contributed by atoms with van der Waals surface area (Å²) in [4.78, 5) is 11.6. The molecule has 1 aliphatic carbocycles. The SMILES string of the molecule is CC(C)=CC[C@@H](O)C(C)=C1CC=C(C)C(=O)C1. The van der Waals surface area contributed by atoms with E-state index >= 15 is 0 Å². The van der Waals surface area contributed by atoms with E-state index in [1.807, 2.05) is 39.8 Å². The minimum Gasteiger partial charge on any atom is -0.388 e. The first-order valence-corrected chi connectivity index (χ1v) is 6.11. The maximum Gasteiger partial charge on any atom is 0.162 e. The molecule has 0 bridgehead atoms. The van der Waals surface area contributed by atoms with Crippen LogP contribution in [0.1, 0.15) is 47.0 Å². The molecule has 0 unspecified atom stereocenters. The summed E-state index contributed by atoms with van der Waals surface area (Å²) in [5.41, 5.74) is 4.09. The number of ketones is 1. The molecule has 2 heteroatoms. The van der Waals surface area contributed by atoms with Gasteiger partial charge in [-0.2, -0.15) is 0 Å². The zero-order chi connectivity index (χ0) is 13.0. The summed E-state index contributed by atoms with van der Waals surface area (Å²) in [5.74, 6) is 0.181. The minimum absolute atomic E-state index is 0.181. The predicted octanol–water partition coefficient (Wildman–Crippen LogP) is 3.33. The fraction of sp³-hybridized carbons (Fsp3) is 0.533. The molecule has 17 heavy (non-hydrogen) atoms. The molecule has 2 nitrogen and oxygen atoms in total. The Kier molecular flexibility index (Phi) is 4.88. The van der Waals surface area contributed by atoms with E-state index in [0.29, 0.717) is 12.8 Å². The zero-order valence-electron chi connectivity index (χ0n) is 11.2. The molecule has 0 aliphatic heterocycles. The summed E-state index contributed by atoms with van der Waals surface area (Å²) in [6.07, 6.45) is 5.43. The van der Waals surface area contributed by atoms with Crippen molar-refractivity contribution < 1.29 is 9.90 Å². The van der Waals surface area contributed by atoms with Crippen molar-refractivity contribution >= 4 is 5.78 Å². The lowest BCUT2D eigenvalue weighted by atomic mass is 9.89. The van der Waals surface area contributed by atoms with Crippen molar-refractivity contribution in [3.8, 4) is 0 Å². The van der Waals surface area contributed by atoms with E-state index in [2.05, 4.69) is 0 Å². The first-order valence-electron chi connectivity index (χ1n) is 6.11. The highest BCUT2D eigenvalue weighted by Crippen LogP contribution is 2.25. The first-order chi connectivity index (χ1) is 7.91. The van der Waals surface area contributed by atoms with E-state index in [0.717, 1.165) is 23.1 Å². The van der Waals surface area contributed by atoms with Gasteiger partial charge in [0.15, 0.2) is 5.78 Å². The number of hydrogen-bond donors (Lipinski definition) is 1. The van der Waals surface area contributed by atoms with Gasteiger partial charge in [-0.1, -0.05) is 23.3 Å². The van der Waals surface area contributed by atoms with E-state index in [9.17, 15) is 9.90 Å². The fourth-order valence-electron chi connectivity index (χ4n) is 1.86. The summed E-state index contributed by atoms with van der Waals surface area (Å²) in [6, 6.07) is 0. The van der Waals surface area contributed by atoms with E-state index in [1.54, 1.807) is 0 Å². The van der Waals surface area contributed by atoms with Crippen LogP contribution in [0.3, 0.4) is 0 Å². The van der Waals surface area contributed by atoms with Crippen LogP contribution in [0.15, 0.2) is 34.4 Å². The summed E-state index contributed by atoms with van der Waals surface area (Å²) >= 11 is 0. The predicted molar refractivity (Wildman–Crippen MR) is 70.8 cm³/mol. The molecular weight excluding hydrogens is 212 g/mol. The minimum atomic E-state index is -0.459. The number of aliphatic hydroxyl groups is 1. The second kappa shape index (κ2) is 5.97.